The van der Waals surface area contributed by atoms with E-state index in [4.69, 9.17) is 15.6 Å². The summed E-state index contributed by atoms with van der Waals surface area (Å²) in [6.45, 7) is -0.849. The highest BCUT2D eigenvalue weighted by molar-refractivity contribution is 5.22. The lowest BCUT2D eigenvalue weighted by Crippen LogP contribution is -2.50. The van der Waals surface area contributed by atoms with Gasteiger partial charge in [-0.2, -0.15) is 0 Å². The molecule has 1 fully saturated rings. The molecular weight excluding hydrogens is 258 g/mol. The van der Waals surface area contributed by atoms with E-state index >= 15 is 0 Å². The molecule has 1 saturated heterocycles. The van der Waals surface area contributed by atoms with Gasteiger partial charge >= 0.3 is 5.69 Å². The van der Waals surface area contributed by atoms with Gasteiger partial charge in [0.25, 0.3) is 5.56 Å². The number of H-pyrrole nitrogens is 2. The van der Waals surface area contributed by atoms with Crippen molar-refractivity contribution in [3.8, 4) is 0 Å². The number of aromatic amines is 2. The summed E-state index contributed by atoms with van der Waals surface area (Å²) in [5, 5.41) is 28.9. The first kappa shape index (κ1) is 13.9. The van der Waals surface area contributed by atoms with Gasteiger partial charge in [0.2, 0.25) is 0 Å². The Labute approximate surface area is 106 Å². The lowest BCUT2D eigenvalue weighted by molar-refractivity contribution is -0.0927. The Bertz CT molecular complexity index is 569. The number of hydrogen-bond acceptors (Lipinski definition) is 7. The van der Waals surface area contributed by atoms with Crippen LogP contribution in [0.2, 0.25) is 0 Å². The van der Waals surface area contributed by atoms with Crippen LogP contribution in [0.1, 0.15) is 5.56 Å². The van der Waals surface area contributed by atoms with Crippen LogP contribution < -0.4 is 17.0 Å². The maximum atomic E-state index is 11.8. The van der Waals surface area contributed by atoms with Crippen LogP contribution in [0.3, 0.4) is 0 Å². The van der Waals surface area contributed by atoms with Gasteiger partial charge in [-0.3, -0.25) is 9.78 Å². The molecule has 0 aromatic carbocycles. The summed E-state index contributed by atoms with van der Waals surface area (Å²) in [4.78, 5) is 27.0. The molecule has 4 atom stereocenters. The first-order valence-corrected chi connectivity index (χ1v) is 5.63. The van der Waals surface area contributed by atoms with Crippen molar-refractivity contribution in [1.29, 1.82) is 0 Å². The monoisotopic (exact) mass is 273 g/mol. The van der Waals surface area contributed by atoms with E-state index in [9.17, 15) is 19.8 Å². The lowest BCUT2D eigenvalue weighted by atomic mass is 9.88. The fraction of sp³-hybridized carbons (Fsp3) is 0.600. The smallest absolute Gasteiger partial charge is 0.325 e. The molecule has 0 spiro atoms. The molecule has 1 aromatic rings. The Morgan fingerprint density at radius 1 is 1.42 bits per heavy atom. The summed E-state index contributed by atoms with van der Waals surface area (Å²) in [5.74, 6) is 0. The third kappa shape index (κ3) is 2.01. The number of ether oxygens (including phenoxy) is 1. The molecule has 7 N–H and O–H groups in total. The molecule has 1 aliphatic heterocycles. The van der Waals surface area contributed by atoms with Crippen molar-refractivity contribution in [3.63, 3.8) is 0 Å². The average molecular weight is 273 g/mol. The zero-order chi connectivity index (χ0) is 14.2. The van der Waals surface area contributed by atoms with Crippen molar-refractivity contribution < 1.29 is 20.1 Å². The zero-order valence-electron chi connectivity index (χ0n) is 9.87. The molecule has 19 heavy (non-hydrogen) atoms. The molecule has 0 saturated carbocycles. The summed E-state index contributed by atoms with van der Waals surface area (Å²) < 4.78 is 5.36. The molecule has 0 radical (unpaired) electrons. The van der Waals surface area contributed by atoms with E-state index in [1.165, 1.54) is 0 Å². The van der Waals surface area contributed by atoms with Crippen LogP contribution in [0.5, 0.6) is 0 Å². The summed E-state index contributed by atoms with van der Waals surface area (Å²) in [6.07, 6.45) is -2.88. The summed E-state index contributed by atoms with van der Waals surface area (Å²) in [7, 11) is 0. The van der Waals surface area contributed by atoms with Crippen molar-refractivity contribution >= 4 is 0 Å². The average Bonchev–Trinajstić information content (AvgIpc) is 2.64. The zero-order valence-corrected chi connectivity index (χ0v) is 9.87. The van der Waals surface area contributed by atoms with Crippen LogP contribution in [0, 0.1) is 0 Å². The number of nitrogens with two attached hydrogens (primary N) is 1. The van der Waals surface area contributed by atoms with Gasteiger partial charge in [0.1, 0.15) is 23.9 Å². The molecule has 0 amide bonds. The van der Waals surface area contributed by atoms with Gasteiger partial charge in [-0.15, -0.1) is 0 Å². The molecule has 0 aliphatic carbocycles. The van der Waals surface area contributed by atoms with Crippen LogP contribution in [0.15, 0.2) is 15.8 Å². The predicted octanol–water partition coefficient (Wildman–Crippen LogP) is -3.67. The molecule has 1 aliphatic rings. The van der Waals surface area contributed by atoms with Gasteiger partial charge in [-0.25, -0.2) is 4.79 Å². The van der Waals surface area contributed by atoms with E-state index in [1.807, 2.05) is 4.98 Å². The molecule has 0 bridgehead atoms. The molecule has 2 heterocycles. The fourth-order valence-corrected chi connectivity index (χ4v) is 2.26. The van der Waals surface area contributed by atoms with E-state index < -0.39 is 41.8 Å². The summed E-state index contributed by atoms with van der Waals surface area (Å²) in [6, 6.07) is 0. The number of hydrogen-bond donors (Lipinski definition) is 6. The molecule has 9 heteroatoms. The molecule has 9 nitrogen and oxygen atoms in total. The molecular formula is C10H15N3O6. The van der Waals surface area contributed by atoms with Crippen LogP contribution in [-0.4, -0.2) is 56.8 Å². The summed E-state index contributed by atoms with van der Waals surface area (Å²) >= 11 is 0. The van der Waals surface area contributed by atoms with Crippen molar-refractivity contribution in [3.05, 3.63) is 32.6 Å². The minimum absolute atomic E-state index is 0.114. The van der Waals surface area contributed by atoms with Crippen molar-refractivity contribution in [2.75, 3.05) is 13.2 Å². The van der Waals surface area contributed by atoms with Crippen molar-refractivity contribution in [2.45, 2.75) is 23.9 Å². The maximum Gasteiger partial charge on any atom is 0.325 e. The van der Waals surface area contributed by atoms with E-state index in [0.717, 1.165) is 6.20 Å². The number of rotatable bonds is 3. The second-order valence-corrected chi connectivity index (χ2v) is 4.35. The number of aliphatic hydroxyl groups excluding tert-OH is 3. The van der Waals surface area contributed by atoms with E-state index in [1.54, 1.807) is 0 Å². The molecule has 2 rings (SSSR count). The fourth-order valence-electron chi connectivity index (χ4n) is 2.26. The highest BCUT2D eigenvalue weighted by Crippen LogP contribution is 2.37. The standard InChI is InChI=1S/C10H15N3O6/c11-3-10(4-1-12-9(18)13-8(4)17)7(16)6(15)5(2-14)19-10/h1,5-7,14-16H,2-3,11H2,(H2,12,13,17,18)/t5-,6-,7-,10+/m1/s1. The third-order valence-corrected chi connectivity index (χ3v) is 3.30. The van der Waals surface area contributed by atoms with E-state index in [0.29, 0.717) is 0 Å². The Morgan fingerprint density at radius 3 is 2.58 bits per heavy atom. The van der Waals surface area contributed by atoms with Gasteiger partial charge < -0.3 is 30.8 Å². The Hall–Kier alpha value is -1.52. The van der Waals surface area contributed by atoms with Crippen LogP contribution >= 0.6 is 0 Å². The number of aliphatic hydroxyl groups is 3. The normalized spacial score (nSPS) is 34.6. The van der Waals surface area contributed by atoms with Crippen LogP contribution in [0.25, 0.3) is 0 Å². The largest absolute Gasteiger partial charge is 0.394 e. The van der Waals surface area contributed by atoms with Gasteiger partial charge in [-0.05, 0) is 0 Å². The van der Waals surface area contributed by atoms with Gasteiger partial charge in [0, 0.05) is 12.7 Å². The van der Waals surface area contributed by atoms with E-state index in [-0.39, 0.29) is 12.1 Å². The predicted molar refractivity (Wildman–Crippen MR) is 62.4 cm³/mol. The minimum atomic E-state index is -1.68. The van der Waals surface area contributed by atoms with E-state index in [2.05, 4.69) is 4.98 Å². The van der Waals surface area contributed by atoms with Gasteiger partial charge in [0.05, 0.1) is 12.2 Å². The highest BCUT2D eigenvalue weighted by atomic mass is 16.6. The van der Waals surface area contributed by atoms with Gasteiger partial charge in [0.15, 0.2) is 0 Å². The lowest BCUT2D eigenvalue weighted by Gasteiger charge is -2.29. The SMILES string of the molecule is NC[C@@]1(c2c[nH]c(=O)[nH]c2=O)O[C@H](CO)[C@@H](O)[C@H]1O. The number of aromatic nitrogens is 2. The van der Waals surface area contributed by atoms with Crippen LogP contribution in [0.4, 0.5) is 0 Å². The Balaban J connectivity index is 2.55. The van der Waals surface area contributed by atoms with Crippen molar-refractivity contribution in [2.24, 2.45) is 5.73 Å². The van der Waals surface area contributed by atoms with Crippen LogP contribution in [-0.2, 0) is 10.3 Å². The highest BCUT2D eigenvalue weighted by Gasteiger charge is 2.55. The summed E-state index contributed by atoms with van der Waals surface area (Å²) in [5.41, 5.74) is 2.27. The number of nitrogens with one attached hydrogen (secondary N) is 2. The van der Waals surface area contributed by atoms with Gasteiger partial charge in [-0.1, -0.05) is 0 Å². The maximum absolute atomic E-state index is 11.8. The molecule has 0 unspecified atom stereocenters. The first-order valence-electron chi connectivity index (χ1n) is 5.63. The minimum Gasteiger partial charge on any atom is -0.394 e. The molecule has 1 aromatic heterocycles. The Kier molecular flexibility index (Phi) is 3.56. The van der Waals surface area contributed by atoms with Crippen molar-refractivity contribution in [1.82, 2.24) is 9.97 Å². The third-order valence-electron chi connectivity index (χ3n) is 3.30. The quantitative estimate of drug-likeness (QED) is 0.330. The topological polar surface area (TPSA) is 162 Å². The molecule has 106 valence electrons. The first-order chi connectivity index (χ1) is 8.96. The Morgan fingerprint density at radius 2 is 2.11 bits per heavy atom. The second kappa shape index (κ2) is 4.87. The second-order valence-electron chi connectivity index (χ2n) is 4.35.